The molecule has 2 heterocycles. The summed E-state index contributed by atoms with van der Waals surface area (Å²) in [6.07, 6.45) is 3.74. The molecule has 1 aliphatic rings. The van der Waals surface area contributed by atoms with Crippen LogP contribution in [-0.2, 0) is 10.0 Å². The Balaban J connectivity index is 1.93. The molecular weight excluding hydrogens is 362 g/mol. The number of hydrogen-bond donors (Lipinski definition) is 1. The molecule has 7 nitrogen and oxygen atoms in total. The molecule has 25 heavy (non-hydrogen) atoms. The molecule has 2 aromatic rings. The Morgan fingerprint density at radius 3 is 2.60 bits per heavy atom. The molecule has 0 unspecified atom stereocenters. The SMILES string of the molecule is CN(C)c1nc(N2CCCC2)ncc1NS(=O)(=O)c1cccc(Cl)c1. The van der Waals surface area contributed by atoms with Crippen LogP contribution in [-0.4, -0.2) is 45.6 Å². The lowest BCUT2D eigenvalue weighted by molar-refractivity contribution is 0.601. The Kier molecular flexibility index (Phi) is 5.01. The van der Waals surface area contributed by atoms with Crippen LogP contribution in [0.2, 0.25) is 5.02 Å². The number of nitrogens with one attached hydrogen (secondary N) is 1. The lowest BCUT2D eigenvalue weighted by atomic mass is 10.4. The number of anilines is 3. The van der Waals surface area contributed by atoms with E-state index in [0.29, 0.717) is 22.5 Å². The zero-order valence-electron chi connectivity index (χ0n) is 14.1. The van der Waals surface area contributed by atoms with Crippen LogP contribution in [0, 0.1) is 0 Å². The molecule has 0 aliphatic carbocycles. The third-order valence-electron chi connectivity index (χ3n) is 3.92. The quantitative estimate of drug-likeness (QED) is 0.857. The van der Waals surface area contributed by atoms with Crippen LogP contribution < -0.4 is 14.5 Å². The fraction of sp³-hybridized carbons (Fsp3) is 0.375. The van der Waals surface area contributed by atoms with E-state index in [1.807, 2.05) is 14.1 Å². The van der Waals surface area contributed by atoms with E-state index in [1.54, 1.807) is 17.0 Å². The largest absolute Gasteiger partial charge is 0.361 e. The van der Waals surface area contributed by atoms with Gasteiger partial charge in [-0.1, -0.05) is 17.7 Å². The summed E-state index contributed by atoms with van der Waals surface area (Å²) in [4.78, 5) is 12.8. The maximum absolute atomic E-state index is 12.6. The van der Waals surface area contributed by atoms with Crippen molar-refractivity contribution < 1.29 is 8.42 Å². The Morgan fingerprint density at radius 2 is 1.96 bits per heavy atom. The van der Waals surface area contributed by atoms with E-state index in [2.05, 4.69) is 19.6 Å². The van der Waals surface area contributed by atoms with Gasteiger partial charge in [0.25, 0.3) is 10.0 Å². The molecule has 1 N–H and O–H groups in total. The second-order valence-electron chi connectivity index (χ2n) is 6.06. The molecule has 0 radical (unpaired) electrons. The van der Waals surface area contributed by atoms with Gasteiger partial charge in [0.15, 0.2) is 5.82 Å². The van der Waals surface area contributed by atoms with E-state index in [0.717, 1.165) is 25.9 Å². The molecule has 1 aliphatic heterocycles. The first kappa shape index (κ1) is 17.8. The van der Waals surface area contributed by atoms with E-state index in [9.17, 15) is 8.42 Å². The average Bonchev–Trinajstić information content (AvgIpc) is 3.09. The second-order valence-corrected chi connectivity index (χ2v) is 8.18. The smallest absolute Gasteiger partial charge is 0.262 e. The third-order valence-corrected chi connectivity index (χ3v) is 5.52. The summed E-state index contributed by atoms with van der Waals surface area (Å²) in [6, 6.07) is 6.11. The van der Waals surface area contributed by atoms with Crippen molar-refractivity contribution >= 4 is 39.1 Å². The molecule has 1 fully saturated rings. The van der Waals surface area contributed by atoms with Crippen molar-refractivity contribution in [1.29, 1.82) is 0 Å². The van der Waals surface area contributed by atoms with E-state index in [1.165, 1.54) is 18.3 Å². The Morgan fingerprint density at radius 1 is 1.24 bits per heavy atom. The minimum Gasteiger partial charge on any atom is -0.361 e. The molecule has 134 valence electrons. The summed E-state index contributed by atoms with van der Waals surface area (Å²) < 4.78 is 27.8. The van der Waals surface area contributed by atoms with Crippen molar-refractivity contribution in [1.82, 2.24) is 9.97 Å². The Labute approximate surface area is 152 Å². The zero-order valence-corrected chi connectivity index (χ0v) is 15.7. The highest BCUT2D eigenvalue weighted by atomic mass is 35.5. The van der Waals surface area contributed by atoms with Crippen molar-refractivity contribution in [3.63, 3.8) is 0 Å². The second kappa shape index (κ2) is 7.05. The first-order valence-electron chi connectivity index (χ1n) is 7.94. The van der Waals surface area contributed by atoms with E-state index in [-0.39, 0.29) is 4.90 Å². The van der Waals surface area contributed by atoms with Crippen molar-refractivity contribution in [2.75, 3.05) is 41.7 Å². The molecule has 0 spiro atoms. The van der Waals surface area contributed by atoms with Crippen molar-refractivity contribution in [2.24, 2.45) is 0 Å². The highest BCUT2D eigenvalue weighted by Gasteiger charge is 2.21. The molecule has 9 heteroatoms. The average molecular weight is 382 g/mol. The maximum Gasteiger partial charge on any atom is 0.262 e. The van der Waals surface area contributed by atoms with Crippen molar-refractivity contribution in [2.45, 2.75) is 17.7 Å². The lowest BCUT2D eigenvalue weighted by Crippen LogP contribution is -2.24. The van der Waals surface area contributed by atoms with Crippen LogP contribution in [0.5, 0.6) is 0 Å². The molecule has 1 saturated heterocycles. The summed E-state index contributed by atoms with van der Waals surface area (Å²) in [5, 5.41) is 0.358. The van der Waals surface area contributed by atoms with Crippen molar-refractivity contribution in [3.8, 4) is 0 Å². The van der Waals surface area contributed by atoms with E-state index >= 15 is 0 Å². The standard InChI is InChI=1S/C16H20ClN5O2S/c1-21(2)15-14(11-18-16(19-15)22-8-3-4-9-22)20-25(23,24)13-7-5-6-12(17)10-13/h5-7,10-11,20H,3-4,8-9H2,1-2H3. The van der Waals surface area contributed by atoms with Gasteiger partial charge in [-0.05, 0) is 31.0 Å². The molecule has 0 saturated carbocycles. The predicted octanol–water partition coefficient (Wildman–Crippen LogP) is 2.60. The highest BCUT2D eigenvalue weighted by molar-refractivity contribution is 7.92. The van der Waals surface area contributed by atoms with Gasteiger partial charge in [-0.3, -0.25) is 4.72 Å². The molecular formula is C16H20ClN5O2S. The monoisotopic (exact) mass is 381 g/mol. The summed E-state index contributed by atoms with van der Waals surface area (Å²) in [7, 11) is -0.153. The Bertz CT molecular complexity index is 867. The Hall–Kier alpha value is -2.06. The fourth-order valence-electron chi connectivity index (χ4n) is 2.68. The fourth-order valence-corrected chi connectivity index (χ4v) is 4.03. The van der Waals surface area contributed by atoms with Crippen LogP contribution in [0.15, 0.2) is 35.4 Å². The van der Waals surface area contributed by atoms with Gasteiger partial charge < -0.3 is 9.80 Å². The number of aromatic nitrogens is 2. The molecule has 1 aromatic carbocycles. The molecule has 0 atom stereocenters. The van der Waals surface area contributed by atoms with Gasteiger partial charge in [0, 0.05) is 32.2 Å². The van der Waals surface area contributed by atoms with Crippen molar-refractivity contribution in [3.05, 3.63) is 35.5 Å². The first-order valence-corrected chi connectivity index (χ1v) is 9.80. The highest BCUT2D eigenvalue weighted by Crippen LogP contribution is 2.28. The topological polar surface area (TPSA) is 78.4 Å². The van der Waals surface area contributed by atoms with Gasteiger partial charge in [-0.2, -0.15) is 4.98 Å². The van der Waals surface area contributed by atoms with Gasteiger partial charge in [0.1, 0.15) is 5.69 Å². The zero-order chi connectivity index (χ0) is 18.0. The van der Waals surface area contributed by atoms with E-state index in [4.69, 9.17) is 11.6 Å². The predicted molar refractivity (Wildman–Crippen MR) is 100 cm³/mol. The molecule has 3 rings (SSSR count). The van der Waals surface area contributed by atoms with Gasteiger partial charge in [-0.25, -0.2) is 13.4 Å². The number of nitrogens with zero attached hydrogens (tertiary/aromatic N) is 4. The molecule has 1 aromatic heterocycles. The number of halogens is 1. The first-order chi connectivity index (χ1) is 11.9. The maximum atomic E-state index is 12.6. The number of benzene rings is 1. The minimum atomic E-state index is -3.78. The number of sulfonamides is 1. The van der Waals surface area contributed by atoms with Crippen LogP contribution in [0.4, 0.5) is 17.5 Å². The van der Waals surface area contributed by atoms with Gasteiger partial charge in [-0.15, -0.1) is 0 Å². The van der Waals surface area contributed by atoms with Gasteiger partial charge in [0.05, 0.1) is 11.1 Å². The van der Waals surface area contributed by atoms with Crippen LogP contribution in [0.25, 0.3) is 0 Å². The molecule has 0 bridgehead atoms. The number of hydrogen-bond acceptors (Lipinski definition) is 6. The summed E-state index contributed by atoms with van der Waals surface area (Å²) in [5.74, 6) is 1.13. The molecule has 0 amide bonds. The summed E-state index contributed by atoms with van der Waals surface area (Å²) >= 11 is 5.90. The van der Waals surface area contributed by atoms with Gasteiger partial charge in [0.2, 0.25) is 5.95 Å². The minimum absolute atomic E-state index is 0.0910. The van der Waals surface area contributed by atoms with Crippen LogP contribution in [0.3, 0.4) is 0 Å². The van der Waals surface area contributed by atoms with Crippen LogP contribution in [0.1, 0.15) is 12.8 Å². The van der Waals surface area contributed by atoms with Gasteiger partial charge >= 0.3 is 0 Å². The third kappa shape index (κ3) is 3.96. The summed E-state index contributed by atoms with van der Waals surface area (Å²) in [5.41, 5.74) is 0.327. The van der Waals surface area contributed by atoms with Crippen LogP contribution >= 0.6 is 11.6 Å². The lowest BCUT2D eigenvalue weighted by Gasteiger charge is -2.21. The summed E-state index contributed by atoms with van der Waals surface area (Å²) in [6.45, 7) is 1.83. The van der Waals surface area contributed by atoms with E-state index < -0.39 is 10.0 Å². The number of rotatable bonds is 5. The normalized spacial score (nSPS) is 14.6.